The summed E-state index contributed by atoms with van der Waals surface area (Å²) in [6, 6.07) is 2.34. The van der Waals surface area contributed by atoms with E-state index in [1.54, 1.807) is 0 Å². The first kappa shape index (κ1) is 21.7. The molecule has 2 fully saturated rings. The summed E-state index contributed by atoms with van der Waals surface area (Å²) < 4.78 is 65.1. The second-order valence-corrected chi connectivity index (χ2v) is 9.38. The van der Waals surface area contributed by atoms with Crippen molar-refractivity contribution in [2.24, 2.45) is 23.2 Å². The lowest BCUT2D eigenvalue weighted by atomic mass is 9.70. The van der Waals surface area contributed by atoms with Gasteiger partial charge in [-0.15, -0.1) is 0 Å². The third kappa shape index (κ3) is 5.24. The van der Waals surface area contributed by atoms with Crippen LogP contribution in [0.3, 0.4) is 0 Å². The lowest BCUT2D eigenvalue weighted by Crippen LogP contribution is -2.34. The van der Waals surface area contributed by atoms with E-state index in [0.29, 0.717) is 11.8 Å². The van der Waals surface area contributed by atoms with Crippen LogP contribution >= 0.6 is 0 Å². The summed E-state index contributed by atoms with van der Waals surface area (Å²) >= 11 is 0. The molecule has 0 aromatic rings. The third-order valence-corrected chi connectivity index (χ3v) is 6.13. The Morgan fingerprint density at radius 2 is 2.07 bits per heavy atom. The first-order valence-corrected chi connectivity index (χ1v) is 9.98. The van der Waals surface area contributed by atoms with E-state index in [1.165, 1.54) is 0 Å². The quantitative estimate of drug-likeness (QED) is 0.374. The Morgan fingerprint density at radius 3 is 2.67 bits per heavy atom. The number of halogens is 2. The zero-order valence-corrected chi connectivity index (χ0v) is 15.8. The number of hydrogen-bond acceptors (Lipinski definition) is 6. The number of fused-ring (bicyclic) bond motifs is 2. The van der Waals surface area contributed by atoms with Crippen molar-refractivity contribution in [1.29, 1.82) is 5.26 Å². The van der Waals surface area contributed by atoms with Crippen LogP contribution in [0.5, 0.6) is 0 Å². The van der Waals surface area contributed by atoms with Crippen molar-refractivity contribution in [1.82, 2.24) is 0 Å². The van der Waals surface area contributed by atoms with Crippen molar-refractivity contribution in [2.75, 3.05) is 19.8 Å². The molecule has 2 bridgehead atoms. The number of carbonyl (C=O) groups excluding carboxylic acids is 1. The van der Waals surface area contributed by atoms with Crippen molar-refractivity contribution in [3.8, 4) is 6.07 Å². The number of nitriles is 1. The second kappa shape index (κ2) is 7.81. The molecule has 2 rings (SSSR count). The van der Waals surface area contributed by atoms with Gasteiger partial charge in [-0.05, 0) is 37.5 Å². The number of hydrogen-bond donors (Lipinski definition) is 1. The molecule has 4 atom stereocenters. The molecule has 0 aromatic carbocycles. The molecule has 27 heavy (non-hydrogen) atoms. The molecule has 0 saturated heterocycles. The number of alkyl halides is 2. The normalized spacial score (nSPS) is 30.6. The van der Waals surface area contributed by atoms with Crippen LogP contribution in [0.4, 0.5) is 8.78 Å². The fourth-order valence-corrected chi connectivity index (χ4v) is 4.32. The maximum atomic E-state index is 13.0. The molecule has 0 heterocycles. The Bertz CT molecular complexity index is 747. The van der Waals surface area contributed by atoms with E-state index in [1.807, 2.05) is 6.92 Å². The summed E-state index contributed by atoms with van der Waals surface area (Å²) in [6.45, 7) is 3.25. The largest absolute Gasteiger partial charge is 0.462 e. The zero-order valence-electron chi connectivity index (χ0n) is 15.0. The van der Waals surface area contributed by atoms with Gasteiger partial charge in [0.05, 0.1) is 24.9 Å². The molecule has 10 heteroatoms. The second-order valence-electron chi connectivity index (χ2n) is 7.84. The lowest BCUT2D eigenvalue weighted by Gasteiger charge is -2.37. The highest BCUT2D eigenvalue weighted by atomic mass is 32.2. The Kier molecular flexibility index (Phi) is 6.29. The molecule has 0 radical (unpaired) electrons. The van der Waals surface area contributed by atoms with E-state index in [2.05, 4.69) is 17.4 Å². The van der Waals surface area contributed by atoms with E-state index in [9.17, 15) is 27.3 Å². The summed E-state index contributed by atoms with van der Waals surface area (Å²) in [4.78, 5) is 12.0. The van der Waals surface area contributed by atoms with Gasteiger partial charge in [-0.2, -0.15) is 22.5 Å². The van der Waals surface area contributed by atoms with Crippen LogP contribution in [-0.4, -0.2) is 44.0 Å². The smallest absolute Gasteiger partial charge is 0.392 e. The van der Waals surface area contributed by atoms with E-state index in [4.69, 9.17) is 9.29 Å². The summed E-state index contributed by atoms with van der Waals surface area (Å²) in [5, 5.41) is 4.73. The highest BCUT2D eigenvalue weighted by molar-refractivity contribution is 7.86. The maximum Gasteiger partial charge on any atom is 0.392 e. The van der Waals surface area contributed by atoms with E-state index < -0.39 is 34.6 Å². The van der Waals surface area contributed by atoms with Gasteiger partial charge in [-0.25, -0.2) is 4.79 Å². The predicted octanol–water partition coefficient (Wildman–Crippen LogP) is 2.55. The summed E-state index contributed by atoms with van der Waals surface area (Å²) in [5.74, 6) is -0.0422. The first-order valence-electron chi connectivity index (χ1n) is 8.54. The van der Waals surface area contributed by atoms with Crippen molar-refractivity contribution in [3.63, 3.8) is 0 Å². The molecule has 0 spiro atoms. The molecule has 0 amide bonds. The predicted molar refractivity (Wildman–Crippen MR) is 90.1 cm³/mol. The third-order valence-electron chi connectivity index (χ3n) is 5.26. The Labute approximate surface area is 157 Å². The van der Waals surface area contributed by atoms with Crippen LogP contribution in [0.15, 0.2) is 12.2 Å². The number of carbonyl (C=O) groups is 1. The SMILES string of the molecule is C=C(COCC(F)(F)S(=O)(=O)O)C(=O)OCC1(C)CC2CC(C#N)C(C2)C1. The summed E-state index contributed by atoms with van der Waals surface area (Å²) in [7, 11) is -5.59. The molecule has 0 aromatic heterocycles. The van der Waals surface area contributed by atoms with Crippen LogP contribution in [0.1, 0.15) is 32.6 Å². The number of esters is 1. The topological polar surface area (TPSA) is 114 Å². The van der Waals surface area contributed by atoms with Crippen LogP contribution in [0, 0.1) is 34.5 Å². The average Bonchev–Trinajstić information content (AvgIpc) is 2.85. The molecule has 2 aliphatic rings. The van der Waals surface area contributed by atoms with Crippen LogP contribution in [0.2, 0.25) is 0 Å². The Morgan fingerprint density at radius 1 is 1.41 bits per heavy atom. The molecule has 7 nitrogen and oxygen atoms in total. The molecular weight excluding hydrogens is 384 g/mol. The maximum absolute atomic E-state index is 13.0. The molecular formula is C17H23F2NO6S. The Balaban J connectivity index is 1.79. The van der Waals surface area contributed by atoms with Gasteiger partial charge in [0.1, 0.15) is 6.61 Å². The van der Waals surface area contributed by atoms with Gasteiger partial charge < -0.3 is 9.47 Å². The van der Waals surface area contributed by atoms with Crippen molar-refractivity contribution < 1.29 is 36.0 Å². The molecule has 2 aliphatic carbocycles. The van der Waals surface area contributed by atoms with Crippen LogP contribution in [-0.2, 0) is 24.4 Å². The first-order chi connectivity index (χ1) is 12.4. The van der Waals surface area contributed by atoms with Gasteiger partial charge in [0.15, 0.2) is 0 Å². The molecule has 4 unspecified atom stereocenters. The van der Waals surface area contributed by atoms with Gasteiger partial charge in [0.2, 0.25) is 0 Å². The highest BCUT2D eigenvalue weighted by Crippen LogP contribution is 2.53. The van der Waals surface area contributed by atoms with Crippen LogP contribution in [0.25, 0.3) is 0 Å². The van der Waals surface area contributed by atoms with Crippen molar-refractivity contribution in [3.05, 3.63) is 12.2 Å². The van der Waals surface area contributed by atoms with Gasteiger partial charge in [0.25, 0.3) is 0 Å². The van der Waals surface area contributed by atoms with Crippen molar-refractivity contribution in [2.45, 2.75) is 37.9 Å². The summed E-state index contributed by atoms with van der Waals surface area (Å²) in [6.07, 6.45) is 3.51. The minimum absolute atomic E-state index is 0.0420. The van der Waals surface area contributed by atoms with Crippen LogP contribution < -0.4 is 0 Å². The zero-order chi connectivity index (χ0) is 20.5. The standard InChI is InChI=1S/C17H23F2NO6S/c1-11(8-25-10-17(18,19)27(22,23)24)15(21)26-9-16(2)5-12-3-13(6-16)14(4-12)7-20/h12-14H,1,3-6,8-10H2,2H3,(H,22,23,24). The molecule has 152 valence electrons. The lowest BCUT2D eigenvalue weighted by molar-refractivity contribution is -0.144. The Hall–Kier alpha value is -1.57. The highest BCUT2D eigenvalue weighted by Gasteiger charge is 2.47. The molecule has 2 saturated carbocycles. The fourth-order valence-electron chi connectivity index (χ4n) is 4.09. The van der Waals surface area contributed by atoms with Gasteiger partial charge in [0, 0.05) is 11.3 Å². The number of nitrogens with zero attached hydrogens (tertiary/aromatic N) is 1. The van der Waals surface area contributed by atoms with Crippen molar-refractivity contribution >= 4 is 16.1 Å². The fraction of sp³-hybridized carbons (Fsp3) is 0.765. The van der Waals surface area contributed by atoms with Gasteiger partial charge >= 0.3 is 21.3 Å². The average molecular weight is 407 g/mol. The van der Waals surface area contributed by atoms with Gasteiger partial charge in [-0.3, -0.25) is 4.55 Å². The number of ether oxygens (including phenoxy) is 2. The van der Waals surface area contributed by atoms with E-state index in [0.717, 1.165) is 25.7 Å². The molecule has 0 aliphatic heterocycles. The molecule has 1 N–H and O–H groups in total. The minimum Gasteiger partial charge on any atom is -0.462 e. The minimum atomic E-state index is -5.59. The van der Waals surface area contributed by atoms with Gasteiger partial charge in [-0.1, -0.05) is 13.5 Å². The van der Waals surface area contributed by atoms with E-state index in [-0.39, 0.29) is 23.5 Å². The number of rotatable bonds is 8. The summed E-state index contributed by atoms with van der Waals surface area (Å²) in [5.41, 5.74) is -0.494. The van der Waals surface area contributed by atoms with E-state index >= 15 is 0 Å². The monoisotopic (exact) mass is 407 g/mol.